The minimum atomic E-state index is -0.455. The van der Waals surface area contributed by atoms with E-state index in [-0.39, 0.29) is 25.2 Å². The number of carbonyl (C=O) groups excluding carboxylic acids is 2. The number of esters is 1. The van der Waals surface area contributed by atoms with Crippen molar-refractivity contribution in [3.8, 4) is 5.75 Å². The lowest BCUT2D eigenvalue weighted by Gasteiger charge is -2.29. The van der Waals surface area contributed by atoms with Gasteiger partial charge in [-0.15, -0.1) is 0 Å². The molecule has 2 N–H and O–H groups in total. The predicted molar refractivity (Wildman–Crippen MR) is 74.5 cm³/mol. The Bertz CT molecular complexity index is 530. The van der Waals surface area contributed by atoms with Crippen LogP contribution in [0.4, 0.5) is 11.4 Å². The van der Waals surface area contributed by atoms with Crippen molar-refractivity contribution in [3.63, 3.8) is 0 Å². The molecule has 1 aromatic carbocycles. The molecule has 108 valence electrons. The van der Waals surface area contributed by atoms with Crippen LogP contribution in [-0.2, 0) is 14.3 Å². The minimum Gasteiger partial charge on any atom is -0.481 e. The van der Waals surface area contributed by atoms with Crippen LogP contribution in [0.15, 0.2) is 18.2 Å². The van der Waals surface area contributed by atoms with E-state index in [4.69, 9.17) is 15.2 Å². The minimum absolute atomic E-state index is 0.104. The third-order valence-electron chi connectivity index (χ3n) is 3.15. The lowest BCUT2D eigenvalue weighted by Crippen LogP contribution is -2.43. The van der Waals surface area contributed by atoms with Crippen molar-refractivity contribution in [2.45, 2.75) is 26.4 Å². The molecule has 1 aliphatic rings. The third kappa shape index (κ3) is 2.84. The number of amides is 1. The fourth-order valence-corrected chi connectivity index (χ4v) is 1.93. The number of carbonyl (C=O) groups is 2. The molecule has 0 saturated carbocycles. The molecule has 0 spiro atoms. The van der Waals surface area contributed by atoms with E-state index in [9.17, 15) is 9.59 Å². The maximum absolute atomic E-state index is 11.9. The van der Waals surface area contributed by atoms with Crippen LogP contribution in [0.5, 0.6) is 5.75 Å². The first-order valence-corrected chi connectivity index (χ1v) is 6.54. The number of nitrogen functional groups attached to an aromatic ring is 1. The van der Waals surface area contributed by atoms with E-state index in [0.29, 0.717) is 17.1 Å². The molecule has 0 bridgehead atoms. The summed E-state index contributed by atoms with van der Waals surface area (Å²) in [6.07, 6.45) is 0.549. The summed E-state index contributed by atoms with van der Waals surface area (Å²) in [4.78, 5) is 25.1. The van der Waals surface area contributed by atoms with Crippen molar-refractivity contribution in [1.29, 1.82) is 0 Å². The normalized spacial score (nSPS) is 15.3. The summed E-state index contributed by atoms with van der Waals surface area (Å²) < 4.78 is 10.5. The molecule has 0 aliphatic carbocycles. The second kappa shape index (κ2) is 5.81. The Labute approximate surface area is 117 Å². The summed E-state index contributed by atoms with van der Waals surface area (Å²) in [6.45, 7) is 3.47. The molecule has 0 fully saturated rings. The van der Waals surface area contributed by atoms with Gasteiger partial charge in [0.15, 0.2) is 6.61 Å². The van der Waals surface area contributed by atoms with Crippen LogP contribution in [0.1, 0.15) is 20.3 Å². The Morgan fingerprint density at radius 1 is 1.55 bits per heavy atom. The van der Waals surface area contributed by atoms with Gasteiger partial charge in [0.25, 0.3) is 5.91 Å². The Balaban J connectivity index is 2.20. The SMILES string of the molecule is CCC(C)OC(=O)CN1C(=O)COc2cccc(N)c21. The number of nitrogens with zero attached hydrogens (tertiary/aromatic N) is 1. The average molecular weight is 278 g/mol. The van der Waals surface area contributed by atoms with Gasteiger partial charge >= 0.3 is 5.97 Å². The van der Waals surface area contributed by atoms with E-state index in [1.807, 2.05) is 6.92 Å². The molecule has 0 saturated heterocycles. The van der Waals surface area contributed by atoms with Crippen LogP contribution >= 0.6 is 0 Å². The maximum Gasteiger partial charge on any atom is 0.326 e. The summed E-state index contributed by atoms with van der Waals surface area (Å²) in [5, 5.41) is 0. The van der Waals surface area contributed by atoms with Gasteiger partial charge in [-0.25, -0.2) is 0 Å². The fourth-order valence-electron chi connectivity index (χ4n) is 1.93. The molecular formula is C14H18N2O4. The molecule has 1 atom stereocenters. The van der Waals surface area contributed by atoms with Crippen molar-refractivity contribution in [2.75, 3.05) is 23.8 Å². The third-order valence-corrected chi connectivity index (χ3v) is 3.15. The summed E-state index contributed by atoms with van der Waals surface area (Å²) in [5.74, 6) is -0.263. The van der Waals surface area contributed by atoms with Crippen LogP contribution < -0.4 is 15.4 Å². The zero-order chi connectivity index (χ0) is 14.7. The number of hydrogen-bond acceptors (Lipinski definition) is 5. The largest absolute Gasteiger partial charge is 0.481 e. The van der Waals surface area contributed by atoms with Gasteiger partial charge in [0, 0.05) is 0 Å². The maximum atomic E-state index is 11.9. The first kappa shape index (κ1) is 14.2. The van der Waals surface area contributed by atoms with E-state index >= 15 is 0 Å². The second-order valence-corrected chi connectivity index (χ2v) is 4.67. The molecule has 2 rings (SSSR count). The molecule has 1 heterocycles. The Hall–Kier alpha value is -2.24. The molecule has 6 nitrogen and oxygen atoms in total. The molecule has 0 radical (unpaired) electrons. The van der Waals surface area contributed by atoms with E-state index in [1.54, 1.807) is 25.1 Å². The molecule has 0 aromatic heterocycles. The van der Waals surface area contributed by atoms with Crippen molar-refractivity contribution >= 4 is 23.3 Å². The highest BCUT2D eigenvalue weighted by atomic mass is 16.5. The van der Waals surface area contributed by atoms with E-state index in [0.717, 1.165) is 6.42 Å². The monoisotopic (exact) mass is 278 g/mol. The zero-order valence-electron chi connectivity index (χ0n) is 11.6. The van der Waals surface area contributed by atoms with E-state index < -0.39 is 5.97 Å². The first-order valence-electron chi connectivity index (χ1n) is 6.54. The van der Waals surface area contributed by atoms with Crippen molar-refractivity contribution in [1.82, 2.24) is 0 Å². The number of ether oxygens (including phenoxy) is 2. The molecule has 1 amide bonds. The summed E-state index contributed by atoms with van der Waals surface area (Å²) in [6, 6.07) is 5.11. The smallest absolute Gasteiger partial charge is 0.326 e. The number of nitrogens with two attached hydrogens (primary N) is 1. The van der Waals surface area contributed by atoms with Gasteiger partial charge in [0.05, 0.1) is 11.8 Å². The highest BCUT2D eigenvalue weighted by Gasteiger charge is 2.29. The van der Waals surface area contributed by atoms with Gasteiger partial charge in [-0.3, -0.25) is 14.5 Å². The van der Waals surface area contributed by atoms with Gasteiger partial charge in [0.1, 0.15) is 18.0 Å². The van der Waals surface area contributed by atoms with Crippen molar-refractivity contribution in [2.24, 2.45) is 0 Å². The summed E-state index contributed by atoms with van der Waals surface area (Å²) >= 11 is 0. The second-order valence-electron chi connectivity index (χ2n) is 4.67. The topological polar surface area (TPSA) is 81.9 Å². The molecule has 20 heavy (non-hydrogen) atoms. The predicted octanol–water partition coefficient (Wildman–Crippen LogP) is 1.34. The standard InChI is InChI=1S/C14H18N2O4/c1-3-9(2)20-13(18)7-16-12(17)8-19-11-6-4-5-10(15)14(11)16/h4-6,9H,3,7-8,15H2,1-2H3. The molecule has 1 unspecified atom stereocenters. The number of fused-ring (bicyclic) bond motifs is 1. The van der Waals surface area contributed by atoms with Crippen LogP contribution in [0, 0.1) is 0 Å². The molecule has 6 heteroatoms. The summed E-state index contributed by atoms with van der Waals surface area (Å²) in [5.41, 5.74) is 6.70. The zero-order valence-corrected chi connectivity index (χ0v) is 11.6. The Morgan fingerprint density at radius 2 is 2.30 bits per heavy atom. The van der Waals surface area contributed by atoms with Gasteiger partial charge in [-0.1, -0.05) is 13.0 Å². The van der Waals surface area contributed by atoms with Gasteiger partial charge in [-0.2, -0.15) is 0 Å². The number of anilines is 2. The molecule has 1 aromatic rings. The van der Waals surface area contributed by atoms with Crippen LogP contribution in [0.2, 0.25) is 0 Å². The fraction of sp³-hybridized carbons (Fsp3) is 0.429. The summed E-state index contributed by atoms with van der Waals surface area (Å²) in [7, 11) is 0. The van der Waals surface area contributed by atoms with Crippen molar-refractivity contribution in [3.05, 3.63) is 18.2 Å². The average Bonchev–Trinajstić information content (AvgIpc) is 2.42. The number of hydrogen-bond donors (Lipinski definition) is 1. The molecule has 1 aliphatic heterocycles. The van der Waals surface area contributed by atoms with Gasteiger partial charge < -0.3 is 15.2 Å². The Morgan fingerprint density at radius 3 is 3.00 bits per heavy atom. The van der Waals surface area contributed by atoms with Crippen LogP contribution in [-0.4, -0.2) is 31.1 Å². The van der Waals surface area contributed by atoms with Crippen LogP contribution in [0.25, 0.3) is 0 Å². The Kier molecular flexibility index (Phi) is 4.12. The van der Waals surface area contributed by atoms with E-state index in [2.05, 4.69) is 0 Å². The number of benzene rings is 1. The molecular weight excluding hydrogens is 260 g/mol. The number of rotatable bonds is 4. The lowest BCUT2D eigenvalue weighted by molar-refractivity contribution is -0.147. The van der Waals surface area contributed by atoms with Crippen molar-refractivity contribution < 1.29 is 19.1 Å². The first-order chi connectivity index (χ1) is 9.52. The van der Waals surface area contributed by atoms with Gasteiger partial charge in [0.2, 0.25) is 0 Å². The highest BCUT2D eigenvalue weighted by Crippen LogP contribution is 2.36. The quantitative estimate of drug-likeness (QED) is 0.664. The van der Waals surface area contributed by atoms with Crippen LogP contribution in [0.3, 0.4) is 0 Å². The number of para-hydroxylation sites is 1. The van der Waals surface area contributed by atoms with E-state index in [1.165, 1.54) is 4.90 Å². The highest BCUT2D eigenvalue weighted by molar-refractivity contribution is 6.04. The lowest BCUT2D eigenvalue weighted by atomic mass is 10.2. The van der Waals surface area contributed by atoms with Gasteiger partial charge in [-0.05, 0) is 25.5 Å².